The molecule has 0 saturated carbocycles. The molecule has 0 amide bonds. The Morgan fingerprint density at radius 3 is 3.18 bits per heavy atom. The van der Waals surface area contributed by atoms with Gasteiger partial charge < -0.3 is 5.32 Å². The van der Waals surface area contributed by atoms with Gasteiger partial charge in [0.2, 0.25) is 0 Å². The highest BCUT2D eigenvalue weighted by molar-refractivity contribution is 7.09. The summed E-state index contributed by atoms with van der Waals surface area (Å²) in [6.45, 7) is 2.69. The molecule has 0 bridgehead atoms. The van der Waals surface area contributed by atoms with E-state index in [1.807, 2.05) is 24.6 Å². The van der Waals surface area contributed by atoms with Crippen molar-refractivity contribution < 1.29 is 0 Å². The summed E-state index contributed by atoms with van der Waals surface area (Å²) in [7, 11) is 0. The zero-order valence-corrected chi connectivity index (χ0v) is 10.1. The quantitative estimate of drug-likeness (QED) is 0.767. The molecule has 0 aliphatic rings. The summed E-state index contributed by atoms with van der Waals surface area (Å²) in [5, 5.41) is 10.5. The first-order valence-electron chi connectivity index (χ1n) is 5.26. The Morgan fingerprint density at radius 1 is 1.41 bits per heavy atom. The molecule has 1 N–H and O–H groups in total. The topological polar surface area (TPSA) is 55.1 Å². The van der Waals surface area contributed by atoms with Crippen LogP contribution in [0.1, 0.15) is 10.7 Å². The third-order valence-electron chi connectivity index (χ3n) is 2.40. The fraction of sp³-hybridized carbons (Fsp3) is 0.182. The fourth-order valence-electron chi connectivity index (χ4n) is 1.64. The number of thiazole rings is 1. The summed E-state index contributed by atoms with van der Waals surface area (Å²) >= 11 is 1.65. The number of nitrogens with zero attached hydrogens (tertiary/aromatic N) is 4. The van der Waals surface area contributed by atoms with Gasteiger partial charge in [0, 0.05) is 23.5 Å². The van der Waals surface area contributed by atoms with Crippen LogP contribution < -0.4 is 5.32 Å². The molecule has 3 rings (SSSR count). The molecular weight excluding hydrogens is 234 g/mol. The van der Waals surface area contributed by atoms with Crippen LogP contribution in [0, 0.1) is 6.92 Å². The first kappa shape index (κ1) is 10.2. The molecule has 0 atom stereocenters. The van der Waals surface area contributed by atoms with Gasteiger partial charge in [0.05, 0.1) is 12.7 Å². The van der Waals surface area contributed by atoms with Gasteiger partial charge in [0.1, 0.15) is 10.5 Å². The molecule has 3 heterocycles. The van der Waals surface area contributed by atoms with Crippen molar-refractivity contribution in [2.45, 2.75) is 13.5 Å². The van der Waals surface area contributed by atoms with E-state index < -0.39 is 0 Å². The number of fused-ring (bicyclic) bond motifs is 1. The molecule has 86 valence electrons. The van der Waals surface area contributed by atoms with Gasteiger partial charge in [-0.3, -0.25) is 0 Å². The number of nitrogens with one attached hydrogen (secondary N) is 1. The Hall–Kier alpha value is -1.95. The Morgan fingerprint density at radius 2 is 2.35 bits per heavy atom. The van der Waals surface area contributed by atoms with Gasteiger partial charge in [-0.05, 0) is 13.0 Å². The molecule has 3 aromatic rings. The zero-order valence-electron chi connectivity index (χ0n) is 9.29. The van der Waals surface area contributed by atoms with E-state index in [9.17, 15) is 0 Å². The third kappa shape index (κ3) is 1.99. The van der Waals surface area contributed by atoms with Crippen molar-refractivity contribution in [3.05, 3.63) is 40.7 Å². The minimum atomic E-state index is 0.691. The van der Waals surface area contributed by atoms with Crippen LogP contribution in [-0.4, -0.2) is 19.6 Å². The molecule has 0 aliphatic heterocycles. The number of rotatable bonds is 3. The van der Waals surface area contributed by atoms with Gasteiger partial charge >= 0.3 is 0 Å². The molecule has 0 radical (unpaired) electrons. The minimum Gasteiger partial charge on any atom is -0.362 e. The summed E-state index contributed by atoms with van der Waals surface area (Å²) in [5.74, 6) is 0.831. The SMILES string of the molecule is Cc1csc(CNc2nccn3nccc23)n1. The van der Waals surface area contributed by atoms with Crippen LogP contribution in [0.5, 0.6) is 0 Å². The van der Waals surface area contributed by atoms with Crippen molar-refractivity contribution in [1.82, 2.24) is 19.6 Å². The number of hydrogen-bond acceptors (Lipinski definition) is 5. The van der Waals surface area contributed by atoms with E-state index >= 15 is 0 Å². The van der Waals surface area contributed by atoms with E-state index in [1.165, 1.54) is 0 Å². The molecule has 0 unspecified atom stereocenters. The van der Waals surface area contributed by atoms with Gasteiger partial charge in [-0.1, -0.05) is 0 Å². The number of aryl methyl sites for hydroxylation is 1. The van der Waals surface area contributed by atoms with Crippen molar-refractivity contribution >= 4 is 22.7 Å². The lowest BCUT2D eigenvalue weighted by Gasteiger charge is -2.04. The van der Waals surface area contributed by atoms with Crippen molar-refractivity contribution in [1.29, 1.82) is 0 Å². The van der Waals surface area contributed by atoms with Crippen LogP contribution in [0.3, 0.4) is 0 Å². The molecule has 17 heavy (non-hydrogen) atoms. The molecule has 0 aliphatic carbocycles. The predicted molar refractivity (Wildman–Crippen MR) is 67.2 cm³/mol. The lowest BCUT2D eigenvalue weighted by Crippen LogP contribution is -2.03. The molecular formula is C11H11N5S. The standard InChI is InChI=1S/C11H11N5S/c1-8-7-17-10(15-8)6-13-11-9-2-3-14-16(9)5-4-12-11/h2-5,7H,6H2,1H3,(H,12,13). The van der Waals surface area contributed by atoms with Gasteiger partial charge in [0.25, 0.3) is 0 Å². The fourth-order valence-corrected chi connectivity index (χ4v) is 2.35. The van der Waals surface area contributed by atoms with E-state index in [0.717, 1.165) is 22.0 Å². The summed E-state index contributed by atoms with van der Waals surface area (Å²) in [4.78, 5) is 8.71. The maximum atomic E-state index is 4.40. The first-order chi connectivity index (χ1) is 8.33. The molecule has 0 aromatic carbocycles. The highest BCUT2D eigenvalue weighted by atomic mass is 32.1. The van der Waals surface area contributed by atoms with Crippen LogP contribution in [0.4, 0.5) is 5.82 Å². The summed E-state index contributed by atoms with van der Waals surface area (Å²) in [6, 6.07) is 1.93. The Kier molecular flexibility index (Phi) is 2.49. The van der Waals surface area contributed by atoms with Crippen LogP contribution in [0.15, 0.2) is 30.0 Å². The number of aromatic nitrogens is 4. The smallest absolute Gasteiger partial charge is 0.152 e. The van der Waals surface area contributed by atoms with E-state index in [4.69, 9.17) is 0 Å². The highest BCUT2D eigenvalue weighted by Gasteiger charge is 2.04. The maximum Gasteiger partial charge on any atom is 0.152 e. The van der Waals surface area contributed by atoms with E-state index in [0.29, 0.717) is 6.54 Å². The van der Waals surface area contributed by atoms with Gasteiger partial charge in [0.15, 0.2) is 5.82 Å². The second kappa shape index (κ2) is 4.14. The summed E-state index contributed by atoms with van der Waals surface area (Å²) in [5.41, 5.74) is 2.03. The van der Waals surface area contributed by atoms with E-state index in [1.54, 1.807) is 28.2 Å². The molecule has 5 nitrogen and oxygen atoms in total. The summed E-state index contributed by atoms with van der Waals surface area (Å²) < 4.78 is 1.79. The van der Waals surface area contributed by atoms with E-state index in [-0.39, 0.29) is 0 Å². The Labute approximate surface area is 102 Å². The van der Waals surface area contributed by atoms with Gasteiger partial charge in [-0.25, -0.2) is 14.5 Å². The van der Waals surface area contributed by atoms with Crippen molar-refractivity contribution in [2.24, 2.45) is 0 Å². The van der Waals surface area contributed by atoms with Crippen molar-refractivity contribution in [3.8, 4) is 0 Å². The Balaban J connectivity index is 1.83. The maximum absolute atomic E-state index is 4.40. The Bertz CT molecular complexity index is 642. The largest absolute Gasteiger partial charge is 0.362 e. The first-order valence-corrected chi connectivity index (χ1v) is 6.14. The average molecular weight is 245 g/mol. The van der Waals surface area contributed by atoms with E-state index in [2.05, 4.69) is 20.4 Å². The number of anilines is 1. The van der Waals surface area contributed by atoms with Crippen molar-refractivity contribution in [3.63, 3.8) is 0 Å². The molecule has 0 fully saturated rings. The predicted octanol–water partition coefficient (Wildman–Crippen LogP) is 2.11. The van der Waals surface area contributed by atoms with Crippen LogP contribution in [0.2, 0.25) is 0 Å². The minimum absolute atomic E-state index is 0.691. The van der Waals surface area contributed by atoms with Crippen LogP contribution >= 0.6 is 11.3 Å². The lowest BCUT2D eigenvalue weighted by atomic mass is 10.4. The second-order valence-electron chi connectivity index (χ2n) is 3.67. The third-order valence-corrected chi connectivity index (χ3v) is 3.36. The highest BCUT2D eigenvalue weighted by Crippen LogP contribution is 2.15. The second-order valence-corrected chi connectivity index (χ2v) is 4.62. The van der Waals surface area contributed by atoms with Gasteiger partial charge in [-0.2, -0.15) is 5.10 Å². The zero-order chi connectivity index (χ0) is 11.7. The van der Waals surface area contributed by atoms with Crippen LogP contribution in [-0.2, 0) is 6.54 Å². The lowest BCUT2D eigenvalue weighted by molar-refractivity contribution is 0.941. The molecule has 3 aromatic heterocycles. The molecule has 0 spiro atoms. The monoisotopic (exact) mass is 245 g/mol. The summed E-state index contributed by atoms with van der Waals surface area (Å²) in [6.07, 6.45) is 5.32. The van der Waals surface area contributed by atoms with Crippen LogP contribution in [0.25, 0.3) is 5.52 Å². The van der Waals surface area contributed by atoms with Gasteiger partial charge in [-0.15, -0.1) is 11.3 Å². The van der Waals surface area contributed by atoms with Crippen molar-refractivity contribution in [2.75, 3.05) is 5.32 Å². The molecule has 6 heteroatoms. The normalized spacial score (nSPS) is 10.9. The average Bonchev–Trinajstić information content (AvgIpc) is 2.94. The number of hydrogen-bond donors (Lipinski definition) is 1. The molecule has 0 saturated heterocycles.